The summed E-state index contributed by atoms with van der Waals surface area (Å²) in [4.78, 5) is 12.9. The monoisotopic (exact) mass is 487 g/mol. The van der Waals surface area contributed by atoms with Gasteiger partial charge in [-0.2, -0.15) is 10.4 Å². The molecule has 0 aliphatic heterocycles. The number of aromatic nitrogens is 5. The third-order valence-electron chi connectivity index (χ3n) is 5.58. The van der Waals surface area contributed by atoms with Gasteiger partial charge in [0.1, 0.15) is 28.4 Å². The minimum Gasteiger partial charge on any atom is -0.439 e. The minimum absolute atomic E-state index is 0.0602. The van der Waals surface area contributed by atoms with Gasteiger partial charge in [-0.25, -0.2) is 23.3 Å². The number of hydrogen-bond donors (Lipinski definition) is 2. The molecule has 0 aliphatic carbocycles. The maximum atomic E-state index is 13.5. The van der Waals surface area contributed by atoms with Crippen molar-refractivity contribution in [2.75, 3.05) is 5.73 Å². The van der Waals surface area contributed by atoms with Crippen molar-refractivity contribution in [3.63, 3.8) is 0 Å². The molecule has 0 radical (unpaired) electrons. The molecule has 3 N–H and O–H groups in total. The van der Waals surface area contributed by atoms with Gasteiger partial charge >= 0.3 is 0 Å². The zero-order chi connectivity index (χ0) is 25.4. The molecule has 0 saturated carbocycles. The number of benzene rings is 1. The van der Waals surface area contributed by atoms with Gasteiger partial charge in [-0.05, 0) is 24.3 Å². The Morgan fingerprint density at radius 1 is 1.14 bits per heavy atom. The first-order valence-corrected chi connectivity index (χ1v) is 10.9. The van der Waals surface area contributed by atoms with Crippen LogP contribution in [0.5, 0.6) is 0 Å². The summed E-state index contributed by atoms with van der Waals surface area (Å²) in [6.45, 7) is 1.48. The number of aliphatic hydroxyl groups is 1. The van der Waals surface area contributed by atoms with Gasteiger partial charge in [0, 0.05) is 30.8 Å². The Morgan fingerprint density at radius 2 is 1.92 bits per heavy atom. The maximum absolute atomic E-state index is 13.5. The van der Waals surface area contributed by atoms with Crippen molar-refractivity contribution in [2.45, 2.75) is 25.9 Å². The average Bonchev–Trinajstić information content (AvgIpc) is 3.47. The standard InChI is InChI=1S/C25H19F2N7O2/c1-13-31-20(22(35)24(26)27)23(36-13)21-19(17-8-3-2-6-14(17)12-28)32-25(29)18-11-16(33-34(18)21)10-15-7-4-5-9-30-15/h2-9,11,22,24,35H,10H2,1H3,(H2,29,32). The number of fused-ring (bicyclic) bond motifs is 1. The number of alkyl halides is 2. The second-order valence-corrected chi connectivity index (χ2v) is 8.01. The Labute approximate surface area is 203 Å². The molecule has 5 aromatic rings. The van der Waals surface area contributed by atoms with Gasteiger partial charge in [0.25, 0.3) is 6.43 Å². The van der Waals surface area contributed by atoms with E-state index >= 15 is 0 Å². The van der Waals surface area contributed by atoms with Gasteiger partial charge in [-0.1, -0.05) is 24.3 Å². The molecule has 1 aromatic carbocycles. The van der Waals surface area contributed by atoms with Crippen LogP contribution in [-0.2, 0) is 6.42 Å². The van der Waals surface area contributed by atoms with Crippen LogP contribution < -0.4 is 5.73 Å². The van der Waals surface area contributed by atoms with Crippen LogP contribution in [-0.4, -0.2) is 36.1 Å². The van der Waals surface area contributed by atoms with E-state index < -0.39 is 12.5 Å². The number of nitrogens with zero attached hydrogens (tertiary/aromatic N) is 6. The number of aryl methyl sites for hydroxylation is 1. The van der Waals surface area contributed by atoms with E-state index in [9.17, 15) is 19.1 Å². The van der Waals surface area contributed by atoms with Crippen molar-refractivity contribution in [1.29, 1.82) is 5.26 Å². The quantitative estimate of drug-likeness (QED) is 0.365. The molecule has 0 saturated heterocycles. The molecule has 0 bridgehead atoms. The van der Waals surface area contributed by atoms with Gasteiger partial charge < -0.3 is 15.3 Å². The first-order valence-electron chi connectivity index (χ1n) is 10.9. The Morgan fingerprint density at radius 3 is 2.64 bits per heavy atom. The molecular formula is C25H19F2N7O2. The summed E-state index contributed by atoms with van der Waals surface area (Å²) in [6, 6.07) is 16.0. The third kappa shape index (κ3) is 4.03. The molecule has 9 nitrogen and oxygen atoms in total. The van der Waals surface area contributed by atoms with E-state index in [-0.39, 0.29) is 40.1 Å². The molecule has 11 heteroatoms. The van der Waals surface area contributed by atoms with Crippen molar-refractivity contribution in [2.24, 2.45) is 0 Å². The van der Waals surface area contributed by atoms with Gasteiger partial charge in [0.2, 0.25) is 0 Å². The SMILES string of the molecule is Cc1nc(C(O)C(F)F)c(-c2c(-c3ccccc3C#N)nc(N)c3cc(Cc4ccccn4)nn23)o1. The summed E-state index contributed by atoms with van der Waals surface area (Å²) in [5.41, 5.74) is 8.63. The number of nitrogens with two attached hydrogens (primary N) is 1. The molecule has 4 heterocycles. The lowest BCUT2D eigenvalue weighted by Crippen LogP contribution is -2.12. The van der Waals surface area contributed by atoms with Crippen molar-refractivity contribution < 1.29 is 18.3 Å². The zero-order valence-electron chi connectivity index (χ0n) is 18.9. The van der Waals surface area contributed by atoms with Crippen LogP contribution in [0.15, 0.2) is 59.1 Å². The van der Waals surface area contributed by atoms with E-state index in [1.54, 1.807) is 42.6 Å². The van der Waals surface area contributed by atoms with Crippen molar-refractivity contribution in [3.8, 4) is 28.8 Å². The van der Waals surface area contributed by atoms with E-state index in [1.165, 1.54) is 11.4 Å². The Bertz CT molecular complexity index is 1610. The normalized spacial score (nSPS) is 12.2. The number of pyridine rings is 1. The summed E-state index contributed by atoms with van der Waals surface area (Å²) >= 11 is 0. The second kappa shape index (κ2) is 9.16. The summed E-state index contributed by atoms with van der Waals surface area (Å²) in [6.07, 6.45) is -3.29. The molecule has 0 amide bonds. The number of halogens is 2. The summed E-state index contributed by atoms with van der Waals surface area (Å²) in [5, 5.41) is 24.6. The Balaban J connectivity index is 1.83. The highest BCUT2D eigenvalue weighted by Crippen LogP contribution is 2.39. The smallest absolute Gasteiger partial charge is 0.269 e. The molecule has 180 valence electrons. The zero-order valence-corrected chi connectivity index (χ0v) is 18.9. The van der Waals surface area contributed by atoms with Crippen molar-refractivity contribution >= 4 is 11.3 Å². The fraction of sp³-hybridized carbons (Fsp3) is 0.160. The summed E-state index contributed by atoms with van der Waals surface area (Å²) in [7, 11) is 0. The first-order chi connectivity index (χ1) is 17.4. The van der Waals surface area contributed by atoms with E-state index in [2.05, 4.69) is 26.1 Å². The highest BCUT2D eigenvalue weighted by molar-refractivity contribution is 5.85. The molecule has 5 rings (SSSR count). The number of anilines is 1. The fourth-order valence-electron chi connectivity index (χ4n) is 4.00. The number of nitriles is 1. The molecule has 0 fully saturated rings. The highest BCUT2D eigenvalue weighted by Gasteiger charge is 2.32. The Kier molecular flexibility index (Phi) is 5.87. The average molecular weight is 487 g/mol. The first kappa shape index (κ1) is 23.1. The topological polar surface area (TPSA) is 139 Å². The Hall–Kier alpha value is -4.69. The van der Waals surface area contributed by atoms with Crippen LogP contribution in [0.1, 0.15) is 34.6 Å². The molecular weight excluding hydrogens is 468 g/mol. The lowest BCUT2D eigenvalue weighted by atomic mass is 10.0. The lowest BCUT2D eigenvalue weighted by molar-refractivity contribution is -0.00788. The molecule has 1 atom stereocenters. The largest absolute Gasteiger partial charge is 0.439 e. The van der Waals surface area contributed by atoms with Crippen LogP contribution in [0.3, 0.4) is 0 Å². The van der Waals surface area contributed by atoms with E-state index in [1.807, 2.05) is 12.1 Å². The third-order valence-corrected chi connectivity index (χ3v) is 5.58. The number of aliphatic hydroxyl groups excluding tert-OH is 1. The molecule has 0 aliphatic rings. The summed E-state index contributed by atoms with van der Waals surface area (Å²) in [5.74, 6) is 0.0200. The van der Waals surface area contributed by atoms with Gasteiger partial charge in [0.05, 0.1) is 17.3 Å². The van der Waals surface area contributed by atoms with Crippen molar-refractivity contribution in [1.82, 2.24) is 24.6 Å². The molecule has 36 heavy (non-hydrogen) atoms. The minimum atomic E-state index is -3.11. The summed E-state index contributed by atoms with van der Waals surface area (Å²) < 4.78 is 34.3. The number of oxazole rings is 1. The predicted molar refractivity (Wildman–Crippen MR) is 126 cm³/mol. The van der Waals surface area contributed by atoms with E-state index in [0.29, 0.717) is 23.2 Å². The van der Waals surface area contributed by atoms with E-state index in [4.69, 9.17) is 10.2 Å². The van der Waals surface area contributed by atoms with Crippen LogP contribution >= 0.6 is 0 Å². The maximum Gasteiger partial charge on any atom is 0.269 e. The van der Waals surface area contributed by atoms with E-state index in [0.717, 1.165) is 5.69 Å². The van der Waals surface area contributed by atoms with Crippen LogP contribution in [0.2, 0.25) is 0 Å². The number of nitrogen functional groups attached to an aromatic ring is 1. The predicted octanol–water partition coefficient (Wildman–Crippen LogP) is 4.10. The van der Waals surface area contributed by atoms with Crippen LogP contribution in [0.25, 0.3) is 28.2 Å². The fourth-order valence-corrected chi connectivity index (χ4v) is 4.00. The van der Waals surface area contributed by atoms with Gasteiger partial charge in [-0.3, -0.25) is 4.98 Å². The highest BCUT2D eigenvalue weighted by atomic mass is 19.3. The van der Waals surface area contributed by atoms with Crippen LogP contribution in [0.4, 0.5) is 14.6 Å². The molecule has 1 unspecified atom stereocenters. The second-order valence-electron chi connectivity index (χ2n) is 8.01. The van der Waals surface area contributed by atoms with Gasteiger partial charge in [0.15, 0.2) is 17.8 Å². The lowest BCUT2D eigenvalue weighted by Gasteiger charge is -2.14. The van der Waals surface area contributed by atoms with Crippen LogP contribution in [0, 0.1) is 18.3 Å². The number of rotatable bonds is 6. The van der Waals surface area contributed by atoms with Crippen molar-refractivity contribution in [3.05, 3.63) is 83.3 Å². The molecule has 4 aromatic heterocycles. The van der Waals surface area contributed by atoms with Gasteiger partial charge in [-0.15, -0.1) is 0 Å². The number of hydrogen-bond acceptors (Lipinski definition) is 8. The molecule has 0 spiro atoms.